The van der Waals surface area contributed by atoms with Crippen LogP contribution in [0.2, 0.25) is 0 Å². The second kappa shape index (κ2) is 8.51. The predicted molar refractivity (Wildman–Crippen MR) is 80.0 cm³/mol. The third-order valence-corrected chi connectivity index (χ3v) is 7.65. The summed E-state index contributed by atoms with van der Waals surface area (Å²) in [6, 6.07) is 0.335. The largest absolute Gasteiger partial charge is 0.327 e. The average molecular weight is 282 g/mol. The molecule has 0 aliphatic heterocycles. The highest BCUT2D eigenvalue weighted by Crippen LogP contribution is 2.57. The summed E-state index contributed by atoms with van der Waals surface area (Å²) < 4.78 is 5.64. The summed E-state index contributed by atoms with van der Waals surface area (Å²) in [6.07, 6.45) is 2.76. The quantitative estimate of drug-likeness (QED) is 0.417. The third-order valence-electron chi connectivity index (χ3n) is 1.78. The van der Waals surface area contributed by atoms with Crippen molar-refractivity contribution in [1.29, 1.82) is 0 Å². The molecule has 0 fully saturated rings. The summed E-state index contributed by atoms with van der Waals surface area (Å²) in [5.41, 5.74) is -1.99. The van der Waals surface area contributed by atoms with E-state index in [0.717, 1.165) is 6.42 Å². The summed E-state index contributed by atoms with van der Waals surface area (Å²) in [7, 11) is 0. The molecule has 6 heteroatoms. The summed E-state index contributed by atoms with van der Waals surface area (Å²) in [6.45, 7) is 11.1. The van der Waals surface area contributed by atoms with E-state index < -0.39 is 5.62 Å². The van der Waals surface area contributed by atoms with Crippen LogP contribution in [0.25, 0.3) is 0 Å². The van der Waals surface area contributed by atoms with E-state index in [2.05, 4.69) is 37.8 Å². The van der Waals surface area contributed by atoms with Gasteiger partial charge in [-0.2, -0.15) is 0 Å². The lowest BCUT2D eigenvalue weighted by Gasteiger charge is -2.22. The van der Waals surface area contributed by atoms with Gasteiger partial charge >= 0.3 is 0 Å². The van der Waals surface area contributed by atoms with Gasteiger partial charge in [0.05, 0.1) is 12.9 Å². The highest BCUT2D eigenvalue weighted by atomic mass is 32.9. The minimum absolute atomic E-state index is 0.335. The first-order valence-electron chi connectivity index (χ1n) is 5.66. The van der Waals surface area contributed by atoms with E-state index >= 15 is 0 Å². The van der Waals surface area contributed by atoms with Crippen LogP contribution >= 0.6 is 17.0 Å². The van der Waals surface area contributed by atoms with Crippen molar-refractivity contribution in [2.75, 3.05) is 6.61 Å². The summed E-state index contributed by atoms with van der Waals surface area (Å²) in [5.74, 6) is 0. The maximum absolute atomic E-state index is 5.64. The molecule has 2 atom stereocenters. The van der Waals surface area contributed by atoms with Gasteiger partial charge in [-0.15, -0.1) is 0 Å². The van der Waals surface area contributed by atoms with Gasteiger partial charge in [-0.3, -0.25) is 4.99 Å². The van der Waals surface area contributed by atoms with Gasteiger partial charge in [0.2, 0.25) is 5.62 Å². The number of aliphatic imine (C=N–C) groups is 1. The molecule has 0 spiro atoms. The molecule has 0 amide bonds. The van der Waals surface area contributed by atoms with Gasteiger partial charge in [-0.05, 0) is 32.1 Å². The van der Waals surface area contributed by atoms with Crippen molar-refractivity contribution in [3.05, 3.63) is 0 Å². The van der Waals surface area contributed by atoms with Crippen molar-refractivity contribution in [2.45, 2.75) is 52.3 Å². The Balaban J connectivity index is 4.33. The molecule has 0 aliphatic rings. The Morgan fingerprint density at radius 3 is 2.50 bits per heavy atom. The smallest absolute Gasteiger partial charge is 0.211 e. The van der Waals surface area contributed by atoms with Crippen molar-refractivity contribution >= 4 is 35.1 Å². The zero-order valence-corrected chi connectivity index (χ0v) is 13.3. The minimum Gasteiger partial charge on any atom is -0.327 e. The van der Waals surface area contributed by atoms with Gasteiger partial charge in [0.15, 0.2) is 0 Å². The second-order valence-electron chi connectivity index (χ2n) is 3.73. The van der Waals surface area contributed by atoms with E-state index in [1.807, 2.05) is 6.92 Å². The predicted octanol–water partition coefficient (Wildman–Crippen LogP) is 3.81. The molecule has 16 heavy (non-hydrogen) atoms. The first-order chi connectivity index (χ1) is 7.43. The summed E-state index contributed by atoms with van der Waals surface area (Å²) in [5, 5.41) is 3.63. The Bertz CT molecular complexity index is 259. The SMILES string of the molecule is CCOP(=S)(NC=NC(C)CC)SC(C)C. The molecule has 0 saturated carbocycles. The van der Waals surface area contributed by atoms with E-state index in [4.69, 9.17) is 16.3 Å². The van der Waals surface area contributed by atoms with Gasteiger partial charge in [0.1, 0.15) is 0 Å². The molecular formula is C10H23N2OPS2. The fourth-order valence-electron chi connectivity index (χ4n) is 0.882. The van der Waals surface area contributed by atoms with Crippen molar-refractivity contribution in [2.24, 2.45) is 4.99 Å². The lowest BCUT2D eigenvalue weighted by molar-refractivity contribution is 0.383. The Morgan fingerprint density at radius 2 is 2.06 bits per heavy atom. The van der Waals surface area contributed by atoms with Crippen LogP contribution in [0, 0.1) is 0 Å². The first kappa shape index (κ1) is 16.4. The topological polar surface area (TPSA) is 33.6 Å². The summed E-state index contributed by atoms with van der Waals surface area (Å²) in [4.78, 5) is 4.35. The Hall–Kier alpha value is 0.430. The standard InChI is InChI=1S/C10H23N2OPS2/c1-6-10(5)11-8-12-14(15,13-7-2)16-9(3)4/h8-10H,6-7H2,1-5H3,(H,11,12,15). The van der Waals surface area contributed by atoms with Gasteiger partial charge in [0.25, 0.3) is 0 Å². The molecule has 0 aromatic rings. The summed E-state index contributed by atoms with van der Waals surface area (Å²) >= 11 is 7.20. The van der Waals surface area contributed by atoms with Gasteiger partial charge < -0.3 is 9.61 Å². The van der Waals surface area contributed by atoms with Crippen molar-refractivity contribution in [3.8, 4) is 0 Å². The van der Waals surface area contributed by atoms with Gasteiger partial charge in [-0.25, -0.2) is 0 Å². The molecule has 0 rings (SSSR count). The van der Waals surface area contributed by atoms with Crippen LogP contribution in [0.5, 0.6) is 0 Å². The van der Waals surface area contributed by atoms with Crippen molar-refractivity contribution < 1.29 is 4.52 Å². The monoisotopic (exact) mass is 282 g/mol. The third kappa shape index (κ3) is 7.66. The van der Waals surface area contributed by atoms with E-state index in [1.165, 1.54) is 0 Å². The van der Waals surface area contributed by atoms with E-state index in [1.54, 1.807) is 17.7 Å². The molecule has 0 aromatic heterocycles. The van der Waals surface area contributed by atoms with E-state index in [9.17, 15) is 0 Å². The minimum atomic E-state index is -1.99. The van der Waals surface area contributed by atoms with Crippen LogP contribution < -0.4 is 5.09 Å². The van der Waals surface area contributed by atoms with Gasteiger partial charge in [0, 0.05) is 11.3 Å². The molecule has 96 valence electrons. The van der Waals surface area contributed by atoms with E-state index in [-0.39, 0.29) is 0 Å². The second-order valence-corrected chi connectivity index (χ2v) is 10.8. The van der Waals surface area contributed by atoms with Crippen LogP contribution in [0.15, 0.2) is 4.99 Å². The fraction of sp³-hybridized carbons (Fsp3) is 0.900. The van der Waals surface area contributed by atoms with Crippen LogP contribution in [0.1, 0.15) is 41.0 Å². The van der Waals surface area contributed by atoms with Gasteiger partial charge in [-0.1, -0.05) is 32.2 Å². The number of hydrogen-bond donors (Lipinski definition) is 1. The molecule has 0 saturated heterocycles. The maximum Gasteiger partial charge on any atom is 0.211 e. The zero-order chi connectivity index (χ0) is 12.6. The van der Waals surface area contributed by atoms with E-state index in [0.29, 0.717) is 17.9 Å². The van der Waals surface area contributed by atoms with Crippen LogP contribution in [0.4, 0.5) is 0 Å². The zero-order valence-electron chi connectivity index (χ0n) is 10.8. The number of hydrogen-bond acceptors (Lipinski definition) is 4. The average Bonchev–Trinajstić information content (AvgIpc) is 2.16. The van der Waals surface area contributed by atoms with Crippen LogP contribution in [-0.2, 0) is 16.3 Å². The highest BCUT2D eigenvalue weighted by molar-refractivity contribution is 8.69. The Kier molecular flexibility index (Phi) is 8.74. The maximum atomic E-state index is 5.64. The van der Waals surface area contributed by atoms with Crippen LogP contribution in [-0.4, -0.2) is 24.2 Å². The highest BCUT2D eigenvalue weighted by Gasteiger charge is 2.18. The first-order valence-corrected chi connectivity index (χ1v) is 9.86. The number of nitrogens with one attached hydrogen (secondary N) is 1. The molecule has 0 heterocycles. The van der Waals surface area contributed by atoms with Crippen molar-refractivity contribution in [3.63, 3.8) is 0 Å². The molecule has 0 radical (unpaired) electrons. The molecule has 0 aliphatic carbocycles. The molecule has 1 N–H and O–H groups in total. The lowest BCUT2D eigenvalue weighted by Crippen LogP contribution is -2.11. The molecule has 2 unspecified atom stereocenters. The molecule has 3 nitrogen and oxygen atoms in total. The fourth-order valence-corrected chi connectivity index (χ4v) is 6.68. The lowest BCUT2D eigenvalue weighted by atomic mass is 10.3. The van der Waals surface area contributed by atoms with Crippen LogP contribution in [0.3, 0.4) is 0 Å². The number of nitrogens with zero attached hydrogens (tertiary/aromatic N) is 1. The normalized spacial score (nSPS) is 17.6. The van der Waals surface area contributed by atoms with Crippen molar-refractivity contribution in [1.82, 2.24) is 5.09 Å². The molecule has 0 bridgehead atoms. The Labute approximate surface area is 109 Å². The molecule has 0 aromatic carbocycles. The Morgan fingerprint density at radius 1 is 1.44 bits per heavy atom. The number of rotatable bonds is 8. The molecular weight excluding hydrogens is 259 g/mol.